The van der Waals surface area contributed by atoms with Crippen molar-refractivity contribution in [1.82, 2.24) is 4.90 Å². The molecule has 3 aromatic rings. The van der Waals surface area contributed by atoms with Gasteiger partial charge >= 0.3 is 0 Å². The van der Waals surface area contributed by atoms with Crippen molar-refractivity contribution in [3.05, 3.63) is 101 Å². The van der Waals surface area contributed by atoms with Crippen LogP contribution < -0.4 is 5.32 Å². The zero-order chi connectivity index (χ0) is 18.4. The number of hydrogen-bond donors (Lipinski definition) is 1. The molecule has 3 rings (SSSR count). The van der Waals surface area contributed by atoms with Crippen molar-refractivity contribution in [1.29, 1.82) is 0 Å². The molecule has 4 heteroatoms. The zero-order valence-electron chi connectivity index (χ0n) is 14.6. The van der Waals surface area contributed by atoms with Crippen molar-refractivity contribution in [3.63, 3.8) is 0 Å². The van der Waals surface area contributed by atoms with Crippen LogP contribution in [-0.4, -0.2) is 24.4 Å². The lowest BCUT2D eigenvalue weighted by molar-refractivity contribution is -0.117. The van der Waals surface area contributed by atoms with Crippen molar-refractivity contribution in [2.24, 2.45) is 0 Å². The average Bonchev–Trinajstić information content (AvgIpc) is 2.65. The van der Waals surface area contributed by atoms with E-state index in [-0.39, 0.29) is 18.5 Å². The minimum Gasteiger partial charge on any atom is -0.324 e. The zero-order valence-corrected chi connectivity index (χ0v) is 15.4. The maximum Gasteiger partial charge on any atom is 0.238 e. The number of nitrogens with one attached hydrogen (secondary N) is 1. The lowest BCUT2D eigenvalue weighted by Crippen LogP contribution is -2.34. The van der Waals surface area contributed by atoms with Gasteiger partial charge in [0.15, 0.2) is 0 Å². The molecule has 26 heavy (non-hydrogen) atoms. The second-order valence-corrected chi connectivity index (χ2v) is 6.57. The van der Waals surface area contributed by atoms with Gasteiger partial charge in [0.2, 0.25) is 5.91 Å². The summed E-state index contributed by atoms with van der Waals surface area (Å²) in [7, 11) is 1.96. The van der Waals surface area contributed by atoms with Crippen LogP contribution in [0.25, 0.3) is 0 Å². The Kier molecular flexibility index (Phi) is 6.05. The third-order valence-electron chi connectivity index (χ3n) is 4.21. The van der Waals surface area contributed by atoms with Crippen LogP contribution in [0.5, 0.6) is 0 Å². The van der Waals surface area contributed by atoms with Gasteiger partial charge in [-0.2, -0.15) is 0 Å². The number of halogens is 1. The van der Waals surface area contributed by atoms with Gasteiger partial charge in [0.25, 0.3) is 0 Å². The molecule has 0 aliphatic heterocycles. The summed E-state index contributed by atoms with van der Waals surface area (Å²) < 4.78 is 0. The van der Waals surface area contributed by atoms with Crippen LogP contribution in [0.3, 0.4) is 0 Å². The van der Waals surface area contributed by atoms with Crippen LogP contribution in [0.4, 0.5) is 5.69 Å². The molecular formula is C22H21ClN2O. The second-order valence-electron chi connectivity index (χ2n) is 6.17. The number of benzene rings is 3. The minimum atomic E-state index is -0.0996. The van der Waals surface area contributed by atoms with E-state index in [1.54, 1.807) is 12.1 Å². The maximum atomic E-state index is 12.5. The monoisotopic (exact) mass is 364 g/mol. The van der Waals surface area contributed by atoms with Gasteiger partial charge in [0.1, 0.15) is 0 Å². The summed E-state index contributed by atoms with van der Waals surface area (Å²) in [5, 5.41) is 3.42. The molecule has 0 aliphatic carbocycles. The molecule has 0 unspecified atom stereocenters. The topological polar surface area (TPSA) is 32.3 Å². The van der Waals surface area contributed by atoms with E-state index in [4.69, 9.17) is 11.6 Å². The molecule has 0 spiro atoms. The first kappa shape index (κ1) is 18.2. The SMILES string of the molecule is CN(CC(=O)Nc1ccccc1Cl)C(c1ccccc1)c1ccccc1. The van der Waals surface area contributed by atoms with Crippen molar-refractivity contribution >= 4 is 23.2 Å². The lowest BCUT2D eigenvalue weighted by atomic mass is 9.97. The van der Waals surface area contributed by atoms with Gasteiger partial charge in [-0.1, -0.05) is 84.4 Å². The first-order valence-corrected chi connectivity index (χ1v) is 8.87. The fraction of sp³-hybridized carbons (Fsp3) is 0.136. The number of para-hydroxylation sites is 1. The Hall–Kier alpha value is -2.62. The number of anilines is 1. The number of carbonyl (C=O) groups is 1. The Morgan fingerprint density at radius 1 is 0.885 bits per heavy atom. The fourth-order valence-corrected chi connectivity index (χ4v) is 3.23. The van der Waals surface area contributed by atoms with Crippen molar-refractivity contribution in [2.75, 3.05) is 18.9 Å². The van der Waals surface area contributed by atoms with Crippen LogP contribution in [-0.2, 0) is 4.79 Å². The van der Waals surface area contributed by atoms with Crippen molar-refractivity contribution in [2.45, 2.75) is 6.04 Å². The van der Waals surface area contributed by atoms with Gasteiger partial charge in [-0.3, -0.25) is 9.69 Å². The fourth-order valence-electron chi connectivity index (χ4n) is 3.04. The van der Waals surface area contributed by atoms with E-state index in [9.17, 15) is 4.79 Å². The minimum absolute atomic E-state index is 0.00519. The Labute approximate surface area is 159 Å². The maximum absolute atomic E-state index is 12.5. The number of hydrogen-bond acceptors (Lipinski definition) is 2. The number of nitrogens with zero attached hydrogens (tertiary/aromatic N) is 1. The molecular weight excluding hydrogens is 344 g/mol. The van der Waals surface area contributed by atoms with Gasteiger partial charge in [-0.15, -0.1) is 0 Å². The molecule has 132 valence electrons. The highest BCUT2D eigenvalue weighted by atomic mass is 35.5. The number of likely N-dealkylation sites (N-methyl/N-ethyl adjacent to an activating group) is 1. The normalized spacial score (nSPS) is 10.9. The molecule has 0 aliphatic rings. The molecule has 1 N–H and O–H groups in total. The highest BCUT2D eigenvalue weighted by Gasteiger charge is 2.21. The van der Waals surface area contributed by atoms with Gasteiger partial charge in [0, 0.05) is 0 Å². The highest BCUT2D eigenvalue weighted by Crippen LogP contribution is 2.27. The molecule has 0 saturated heterocycles. The molecule has 3 aromatic carbocycles. The van der Waals surface area contributed by atoms with Gasteiger partial charge in [0.05, 0.1) is 23.3 Å². The molecule has 1 amide bonds. The Morgan fingerprint density at radius 3 is 1.92 bits per heavy atom. The number of amides is 1. The van der Waals surface area contributed by atoms with Crippen molar-refractivity contribution in [3.8, 4) is 0 Å². The van der Waals surface area contributed by atoms with Gasteiger partial charge in [-0.25, -0.2) is 0 Å². The largest absolute Gasteiger partial charge is 0.324 e. The third kappa shape index (κ3) is 4.51. The van der Waals surface area contributed by atoms with E-state index in [1.807, 2.05) is 60.5 Å². The van der Waals surface area contributed by atoms with Crippen LogP contribution in [0, 0.1) is 0 Å². The standard InChI is InChI=1S/C22H21ClN2O/c1-25(16-21(26)24-20-15-9-8-14-19(20)23)22(17-10-4-2-5-11-17)18-12-6-3-7-13-18/h2-15,22H,16H2,1H3,(H,24,26). The molecule has 3 nitrogen and oxygen atoms in total. The Bertz CT molecular complexity index is 813. The summed E-state index contributed by atoms with van der Waals surface area (Å²) in [5.41, 5.74) is 2.92. The highest BCUT2D eigenvalue weighted by molar-refractivity contribution is 6.33. The summed E-state index contributed by atoms with van der Waals surface area (Å²) >= 11 is 6.13. The first-order valence-electron chi connectivity index (χ1n) is 8.49. The van der Waals surface area contributed by atoms with E-state index in [1.165, 1.54) is 0 Å². The van der Waals surface area contributed by atoms with Crippen LogP contribution in [0.2, 0.25) is 5.02 Å². The summed E-state index contributed by atoms with van der Waals surface area (Å²) in [6.45, 7) is 0.250. The van der Waals surface area contributed by atoms with E-state index in [2.05, 4.69) is 29.6 Å². The summed E-state index contributed by atoms with van der Waals surface area (Å²) in [6.07, 6.45) is 0. The smallest absolute Gasteiger partial charge is 0.238 e. The van der Waals surface area contributed by atoms with E-state index in [0.717, 1.165) is 11.1 Å². The van der Waals surface area contributed by atoms with Crippen molar-refractivity contribution < 1.29 is 4.79 Å². The number of rotatable bonds is 6. The lowest BCUT2D eigenvalue weighted by Gasteiger charge is -2.28. The van der Waals surface area contributed by atoms with E-state index in [0.29, 0.717) is 10.7 Å². The van der Waals surface area contributed by atoms with Gasteiger partial charge < -0.3 is 5.32 Å². The second kappa shape index (κ2) is 8.65. The Morgan fingerprint density at radius 2 is 1.38 bits per heavy atom. The summed E-state index contributed by atoms with van der Waals surface area (Å²) in [6, 6.07) is 27.6. The first-order chi connectivity index (χ1) is 12.6. The molecule has 0 fully saturated rings. The predicted molar refractivity (Wildman–Crippen MR) is 107 cm³/mol. The van der Waals surface area contributed by atoms with Crippen LogP contribution in [0.15, 0.2) is 84.9 Å². The Balaban J connectivity index is 1.79. The quantitative estimate of drug-likeness (QED) is 0.667. The molecule has 0 radical (unpaired) electrons. The average molecular weight is 365 g/mol. The van der Waals surface area contributed by atoms with E-state index < -0.39 is 0 Å². The van der Waals surface area contributed by atoms with Gasteiger partial charge in [-0.05, 0) is 30.3 Å². The predicted octanol–water partition coefficient (Wildman–Crippen LogP) is 5.00. The molecule has 0 saturated carbocycles. The molecule has 0 atom stereocenters. The van der Waals surface area contributed by atoms with Crippen LogP contribution >= 0.6 is 11.6 Å². The molecule has 0 heterocycles. The molecule has 0 aromatic heterocycles. The third-order valence-corrected chi connectivity index (χ3v) is 4.54. The number of carbonyl (C=O) groups excluding carboxylic acids is 1. The summed E-state index contributed by atoms with van der Waals surface area (Å²) in [4.78, 5) is 14.6. The van der Waals surface area contributed by atoms with Crippen LogP contribution in [0.1, 0.15) is 17.2 Å². The molecule has 0 bridgehead atoms. The van der Waals surface area contributed by atoms with E-state index >= 15 is 0 Å². The summed E-state index contributed by atoms with van der Waals surface area (Å²) in [5.74, 6) is -0.0996.